The Morgan fingerprint density at radius 2 is 2.20 bits per heavy atom. The summed E-state index contributed by atoms with van der Waals surface area (Å²) in [7, 11) is 1.53. The molecule has 0 aromatic rings. The molecule has 0 aliphatic heterocycles. The minimum atomic E-state index is -0.808. The molecule has 0 radical (unpaired) electrons. The van der Waals surface area contributed by atoms with E-state index in [1.54, 1.807) is 0 Å². The Morgan fingerprint density at radius 3 is 2.80 bits per heavy atom. The highest BCUT2D eigenvalue weighted by Gasteiger charge is 2.31. The van der Waals surface area contributed by atoms with E-state index < -0.39 is 17.9 Å². The van der Waals surface area contributed by atoms with E-state index in [9.17, 15) is 14.4 Å². The second kappa shape index (κ2) is 8.65. The van der Waals surface area contributed by atoms with Crippen LogP contribution in [0.3, 0.4) is 0 Å². The molecule has 2 amide bonds. The maximum absolute atomic E-state index is 11.7. The number of rotatable bonds is 8. The Kier molecular flexibility index (Phi) is 7.17. The van der Waals surface area contributed by atoms with Gasteiger partial charge in [-0.3, -0.25) is 14.4 Å². The molecule has 2 atom stereocenters. The molecule has 1 fully saturated rings. The van der Waals surface area contributed by atoms with E-state index in [4.69, 9.17) is 15.2 Å². The third kappa shape index (κ3) is 5.66. The number of ether oxygens (including phenoxy) is 2. The van der Waals surface area contributed by atoms with Crippen LogP contribution in [-0.4, -0.2) is 50.6 Å². The van der Waals surface area contributed by atoms with Crippen LogP contribution in [0.15, 0.2) is 0 Å². The van der Waals surface area contributed by atoms with Crippen molar-refractivity contribution in [3.8, 4) is 0 Å². The first-order valence-electron chi connectivity index (χ1n) is 6.71. The number of methoxy groups -OCH3 is 1. The van der Waals surface area contributed by atoms with Gasteiger partial charge in [0.2, 0.25) is 11.8 Å². The summed E-state index contributed by atoms with van der Waals surface area (Å²) in [6.45, 7) is 0.532. The largest absolute Gasteiger partial charge is 0.382 e. The maximum atomic E-state index is 11.7. The van der Waals surface area contributed by atoms with Crippen molar-refractivity contribution in [3.63, 3.8) is 0 Å². The number of carbonyl (C=O) groups is 3. The zero-order chi connectivity index (χ0) is 15.0. The molecule has 1 saturated carbocycles. The number of Topliss-reactive ketones (excluding diaryl/α,β-unsaturated/α-hetero) is 1. The Balaban J connectivity index is 2.44. The Morgan fingerprint density at radius 1 is 1.45 bits per heavy atom. The molecule has 1 rings (SSSR count). The number of carbonyl (C=O) groups excluding carboxylic acids is 3. The molecule has 114 valence electrons. The average Bonchev–Trinajstić information content (AvgIpc) is 2.40. The molecule has 7 nitrogen and oxygen atoms in total. The summed E-state index contributed by atoms with van der Waals surface area (Å²) in [6.07, 6.45) is 2.27. The first-order valence-corrected chi connectivity index (χ1v) is 6.71. The van der Waals surface area contributed by atoms with Gasteiger partial charge in [0.25, 0.3) is 0 Å². The fraction of sp³-hybridized carbons (Fsp3) is 0.769. The van der Waals surface area contributed by atoms with E-state index in [0.717, 1.165) is 6.42 Å². The van der Waals surface area contributed by atoms with Gasteiger partial charge in [0.05, 0.1) is 13.2 Å². The van der Waals surface area contributed by atoms with Crippen LogP contribution in [0.4, 0.5) is 0 Å². The first kappa shape index (κ1) is 16.6. The van der Waals surface area contributed by atoms with Crippen molar-refractivity contribution in [2.45, 2.75) is 31.7 Å². The molecule has 0 saturated heterocycles. The lowest BCUT2D eigenvalue weighted by Gasteiger charge is -2.28. The summed E-state index contributed by atoms with van der Waals surface area (Å²) in [6, 6.07) is -0.808. The third-order valence-corrected chi connectivity index (χ3v) is 3.28. The lowest BCUT2D eigenvalue weighted by molar-refractivity contribution is -0.133. The van der Waals surface area contributed by atoms with Crippen molar-refractivity contribution >= 4 is 17.6 Å². The zero-order valence-corrected chi connectivity index (χ0v) is 11.7. The van der Waals surface area contributed by atoms with Crippen molar-refractivity contribution in [3.05, 3.63) is 0 Å². The highest BCUT2D eigenvalue weighted by molar-refractivity contribution is 5.88. The topological polar surface area (TPSA) is 108 Å². The molecule has 0 unspecified atom stereocenters. The lowest BCUT2D eigenvalue weighted by atomic mass is 9.83. The van der Waals surface area contributed by atoms with E-state index >= 15 is 0 Å². The van der Waals surface area contributed by atoms with Crippen LogP contribution >= 0.6 is 0 Å². The molecule has 0 bridgehead atoms. The number of hydrogen-bond acceptors (Lipinski definition) is 5. The smallest absolute Gasteiger partial charge is 0.246 e. The van der Waals surface area contributed by atoms with Gasteiger partial charge in [-0.15, -0.1) is 0 Å². The van der Waals surface area contributed by atoms with Gasteiger partial charge >= 0.3 is 0 Å². The number of ketones is 1. The quantitative estimate of drug-likeness (QED) is 0.578. The predicted octanol–water partition coefficient (Wildman–Crippen LogP) is -0.621. The fourth-order valence-electron chi connectivity index (χ4n) is 2.29. The minimum Gasteiger partial charge on any atom is -0.382 e. The van der Waals surface area contributed by atoms with Crippen LogP contribution in [0.5, 0.6) is 0 Å². The van der Waals surface area contributed by atoms with Crippen LogP contribution in [0.25, 0.3) is 0 Å². The van der Waals surface area contributed by atoms with Crippen molar-refractivity contribution in [1.29, 1.82) is 0 Å². The number of amides is 2. The van der Waals surface area contributed by atoms with Crippen molar-refractivity contribution < 1.29 is 23.9 Å². The molecule has 3 N–H and O–H groups in total. The Labute approximate surface area is 118 Å². The lowest BCUT2D eigenvalue weighted by Crippen LogP contribution is -2.51. The van der Waals surface area contributed by atoms with Crippen LogP contribution in [-0.2, 0) is 23.9 Å². The number of nitrogens with one attached hydrogen (secondary N) is 1. The highest BCUT2D eigenvalue weighted by Crippen LogP contribution is 2.24. The molecule has 20 heavy (non-hydrogen) atoms. The third-order valence-electron chi connectivity index (χ3n) is 3.28. The summed E-state index contributed by atoms with van der Waals surface area (Å²) in [4.78, 5) is 34.6. The van der Waals surface area contributed by atoms with Crippen LogP contribution in [0.2, 0.25) is 0 Å². The van der Waals surface area contributed by atoms with E-state index in [2.05, 4.69) is 5.32 Å². The van der Waals surface area contributed by atoms with Crippen molar-refractivity contribution in [1.82, 2.24) is 5.32 Å². The number of nitrogens with two attached hydrogens (primary N) is 1. The summed E-state index contributed by atoms with van der Waals surface area (Å²) in [5.41, 5.74) is 5.31. The first-order chi connectivity index (χ1) is 9.54. The maximum Gasteiger partial charge on any atom is 0.246 e. The monoisotopic (exact) mass is 286 g/mol. The normalized spacial score (nSPS) is 20.4. The van der Waals surface area contributed by atoms with Gasteiger partial charge in [-0.25, -0.2) is 0 Å². The van der Waals surface area contributed by atoms with E-state index in [1.165, 1.54) is 7.11 Å². The van der Waals surface area contributed by atoms with Gasteiger partial charge in [-0.2, -0.15) is 0 Å². The van der Waals surface area contributed by atoms with Crippen LogP contribution in [0.1, 0.15) is 25.7 Å². The molecular weight excluding hydrogens is 264 g/mol. The van der Waals surface area contributed by atoms with Crippen LogP contribution < -0.4 is 11.1 Å². The molecule has 0 aromatic carbocycles. The molecule has 1 aliphatic rings. The molecule has 7 heteroatoms. The molecule has 1 aliphatic carbocycles. The summed E-state index contributed by atoms with van der Waals surface area (Å²) in [5, 5.41) is 2.55. The fourth-order valence-corrected chi connectivity index (χ4v) is 2.29. The number of primary amides is 1. The van der Waals surface area contributed by atoms with Gasteiger partial charge in [0, 0.05) is 20.0 Å². The standard InChI is InChI=1S/C13H22N2O5/c1-19-5-6-20-8-11(17)15-12(13(14)18)9-3-2-4-10(16)7-9/h9,12H,2-8H2,1H3,(H2,14,18)(H,15,17)/t9-,12-/m1/s1. The predicted molar refractivity (Wildman–Crippen MR) is 70.8 cm³/mol. The van der Waals surface area contributed by atoms with E-state index in [-0.39, 0.29) is 18.3 Å². The molecule has 0 spiro atoms. The van der Waals surface area contributed by atoms with Gasteiger partial charge in [-0.1, -0.05) is 0 Å². The highest BCUT2D eigenvalue weighted by atomic mass is 16.5. The molecule has 0 aromatic heterocycles. The second-order valence-electron chi connectivity index (χ2n) is 4.89. The summed E-state index contributed by atoms with van der Waals surface area (Å²) in [5.74, 6) is -1.13. The van der Waals surface area contributed by atoms with Crippen molar-refractivity contribution in [2.24, 2.45) is 11.7 Å². The average molecular weight is 286 g/mol. The van der Waals surface area contributed by atoms with Gasteiger partial charge in [0.1, 0.15) is 18.4 Å². The SMILES string of the molecule is COCCOCC(=O)N[C@@H](C(N)=O)[C@@H]1CCCC(=O)C1. The zero-order valence-electron chi connectivity index (χ0n) is 11.7. The van der Waals surface area contributed by atoms with E-state index in [1.807, 2.05) is 0 Å². The van der Waals surface area contributed by atoms with E-state index in [0.29, 0.717) is 32.5 Å². The minimum absolute atomic E-state index is 0.109. The summed E-state index contributed by atoms with van der Waals surface area (Å²) < 4.78 is 9.85. The van der Waals surface area contributed by atoms with Gasteiger partial charge < -0.3 is 20.5 Å². The molecular formula is C13H22N2O5. The summed E-state index contributed by atoms with van der Waals surface area (Å²) >= 11 is 0. The van der Waals surface area contributed by atoms with Gasteiger partial charge in [0.15, 0.2) is 0 Å². The Bertz CT molecular complexity index is 359. The van der Waals surface area contributed by atoms with Gasteiger partial charge in [-0.05, 0) is 18.8 Å². The number of hydrogen-bond donors (Lipinski definition) is 2. The molecule has 0 heterocycles. The second-order valence-corrected chi connectivity index (χ2v) is 4.89. The van der Waals surface area contributed by atoms with Crippen LogP contribution in [0, 0.1) is 5.92 Å². The Hall–Kier alpha value is -1.47. The van der Waals surface area contributed by atoms with Crippen molar-refractivity contribution in [2.75, 3.05) is 26.9 Å².